The molecule has 3 rings (SSSR count). The maximum atomic E-state index is 6.62. The van der Waals surface area contributed by atoms with Gasteiger partial charge in [0.15, 0.2) is 0 Å². The van der Waals surface area contributed by atoms with Gasteiger partial charge in [0.25, 0.3) is 0 Å². The smallest absolute Gasteiger partial charge is 0.127 e. The van der Waals surface area contributed by atoms with Crippen LogP contribution in [0.3, 0.4) is 0 Å². The molecule has 1 heterocycles. The topological polar surface area (TPSA) is 35.2 Å². The fourth-order valence-corrected chi connectivity index (χ4v) is 4.10. The molecule has 2 N–H and O–H groups in total. The molecule has 1 unspecified atom stereocenters. The van der Waals surface area contributed by atoms with Crippen molar-refractivity contribution in [3.63, 3.8) is 0 Å². The summed E-state index contributed by atoms with van der Waals surface area (Å²) in [5, 5.41) is 0. The van der Waals surface area contributed by atoms with Gasteiger partial charge in [-0.1, -0.05) is 39.0 Å². The largest absolute Gasteiger partial charge is 0.493 e. The fraction of sp³-hybridized carbons (Fsp3) is 0.684. The zero-order chi connectivity index (χ0) is 15.0. The van der Waals surface area contributed by atoms with Gasteiger partial charge in [-0.3, -0.25) is 0 Å². The highest BCUT2D eigenvalue weighted by Crippen LogP contribution is 2.44. The minimum absolute atomic E-state index is 0.138. The first-order chi connectivity index (χ1) is 9.97. The average Bonchev–Trinajstić information content (AvgIpc) is 2.94. The van der Waals surface area contributed by atoms with Gasteiger partial charge in [0, 0.05) is 18.0 Å². The number of hydrogen-bond acceptors (Lipinski definition) is 2. The first-order valence-electron chi connectivity index (χ1n) is 8.47. The molecular weight excluding hydrogens is 258 g/mol. The molecule has 1 aliphatic heterocycles. The Morgan fingerprint density at radius 3 is 2.52 bits per heavy atom. The molecule has 21 heavy (non-hydrogen) atoms. The van der Waals surface area contributed by atoms with Crippen molar-refractivity contribution in [2.75, 3.05) is 6.61 Å². The summed E-state index contributed by atoms with van der Waals surface area (Å²) in [6.45, 7) is 7.93. The Morgan fingerprint density at radius 1 is 1.14 bits per heavy atom. The lowest BCUT2D eigenvalue weighted by atomic mass is 9.68. The van der Waals surface area contributed by atoms with Crippen molar-refractivity contribution in [2.24, 2.45) is 23.0 Å². The Morgan fingerprint density at radius 2 is 1.86 bits per heavy atom. The molecule has 2 nitrogen and oxygen atoms in total. The van der Waals surface area contributed by atoms with Crippen LogP contribution in [0.1, 0.15) is 63.6 Å². The highest BCUT2D eigenvalue weighted by molar-refractivity contribution is 5.45. The van der Waals surface area contributed by atoms with Gasteiger partial charge in [0.2, 0.25) is 0 Å². The number of rotatable bonds is 2. The van der Waals surface area contributed by atoms with Gasteiger partial charge in [-0.2, -0.15) is 0 Å². The van der Waals surface area contributed by atoms with Crippen LogP contribution in [0.15, 0.2) is 18.2 Å². The van der Waals surface area contributed by atoms with Gasteiger partial charge in [-0.15, -0.1) is 0 Å². The van der Waals surface area contributed by atoms with Gasteiger partial charge in [-0.25, -0.2) is 0 Å². The molecule has 1 atom stereocenters. The Hall–Kier alpha value is -1.02. The van der Waals surface area contributed by atoms with Crippen LogP contribution in [0.25, 0.3) is 0 Å². The molecule has 1 aromatic rings. The molecule has 0 saturated heterocycles. The van der Waals surface area contributed by atoms with Gasteiger partial charge in [0.05, 0.1) is 6.61 Å². The van der Waals surface area contributed by atoms with E-state index < -0.39 is 0 Å². The Bertz CT molecular complexity index is 495. The van der Waals surface area contributed by atoms with Crippen molar-refractivity contribution in [2.45, 2.75) is 58.9 Å². The van der Waals surface area contributed by atoms with Crippen molar-refractivity contribution < 1.29 is 4.74 Å². The van der Waals surface area contributed by atoms with E-state index in [-0.39, 0.29) is 6.04 Å². The first-order valence-corrected chi connectivity index (χ1v) is 8.47. The molecule has 1 aromatic carbocycles. The molecule has 0 amide bonds. The summed E-state index contributed by atoms with van der Waals surface area (Å²) in [4.78, 5) is 0. The molecule has 0 aromatic heterocycles. The lowest BCUT2D eigenvalue weighted by molar-refractivity contribution is 0.139. The molecule has 0 spiro atoms. The molecule has 1 fully saturated rings. The second-order valence-corrected chi connectivity index (χ2v) is 7.94. The van der Waals surface area contributed by atoms with E-state index in [0.29, 0.717) is 11.3 Å². The van der Waals surface area contributed by atoms with E-state index in [1.54, 1.807) is 0 Å². The highest BCUT2D eigenvalue weighted by Gasteiger charge is 2.33. The Labute approximate surface area is 129 Å². The summed E-state index contributed by atoms with van der Waals surface area (Å²) in [5.74, 6) is 2.54. The molecule has 1 aliphatic carbocycles. The number of para-hydroxylation sites is 1. The monoisotopic (exact) mass is 287 g/mol. The maximum Gasteiger partial charge on any atom is 0.127 e. The summed E-state index contributed by atoms with van der Waals surface area (Å²) in [6, 6.07) is 6.63. The molecule has 0 bridgehead atoms. The molecule has 2 heteroatoms. The predicted molar refractivity (Wildman–Crippen MR) is 87.5 cm³/mol. The van der Waals surface area contributed by atoms with Gasteiger partial charge >= 0.3 is 0 Å². The van der Waals surface area contributed by atoms with Gasteiger partial charge in [-0.05, 0) is 48.5 Å². The average molecular weight is 287 g/mol. The highest BCUT2D eigenvalue weighted by atomic mass is 16.5. The summed E-state index contributed by atoms with van der Waals surface area (Å²) in [6.07, 6.45) is 6.18. The summed E-state index contributed by atoms with van der Waals surface area (Å²) in [5.41, 5.74) is 9.63. The fourth-order valence-electron chi connectivity index (χ4n) is 4.10. The van der Waals surface area contributed by atoms with Crippen molar-refractivity contribution >= 4 is 0 Å². The van der Waals surface area contributed by atoms with Crippen LogP contribution in [0.5, 0.6) is 5.75 Å². The standard InChI is InChI=1S/C19H29NO/c1-19(2,3)15-9-7-13(8-10-15)17(20)16-6-4-5-14-11-12-21-18(14)16/h4-6,13,15,17H,7-12,20H2,1-3H3. The van der Waals surface area contributed by atoms with E-state index in [1.165, 1.54) is 36.8 Å². The third-order valence-electron chi connectivity index (χ3n) is 5.61. The molecule has 0 radical (unpaired) electrons. The number of fused-ring (bicyclic) bond motifs is 1. The molecule has 116 valence electrons. The molecule has 2 aliphatic rings. The summed E-state index contributed by atoms with van der Waals surface area (Å²) in [7, 11) is 0. The van der Waals surface area contributed by atoms with Crippen LogP contribution in [0.4, 0.5) is 0 Å². The SMILES string of the molecule is CC(C)(C)C1CCC(C(N)c2cccc3c2OCC3)CC1. The van der Waals surface area contributed by atoms with Gasteiger partial charge in [0.1, 0.15) is 5.75 Å². The summed E-state index contributed by atoms with van der Waals surface area (Å²) >= 11 is 0. The van der Waals surface area contributed by atoms with Crippen molar-refractivity contribution in [1.29, 1.82) is 0 Å². The van der Waals surface area contributed by atoms with Crippen LogP contribution in [0.2, 0.25) is 0 Å². The van der Waals surface area contributed by atoms with Crippen LogP contribution in [-0.2, 0) is 6.42 Å². The Kier molecular flexibility index (Phi) is 4.00. The minimum Gasteiger partial charge on any atom is -0.493 e. The van der Waals surface area contributed by atoms with E-state index in [9.17, 15) is 0 Å². The third kappa shape index (κ3) is 2.96. The van der Waals surface area contributed by atoms with Crippen LogP contribution in [-0.4, -0.2) is 6.61 Å². The Balaban J connectivity index is 1.70. The molecule has 1 saturated carbocycles. The van der Waals surface area contributed by atoms with E-state index >= 15 is 0 Å². The predicted octanol–water partition coefficient (Wildman–Crippen LogP) is 4.47. The lowest BCUT2D eigenvalue weighted by Gasteiger charge is -2.39. The number of nitrogens with two attached hydrogens (primary N) is 1. The number of benzene rings is 1. The van der Waals surface area contributed by atoms with Gasteiger partial charge < -0.3 is 10.5 Å². The third-order valence-corrected chi connectivity index (χ3v) is 5.61. The van der Waals surface area contributed by atoms with E-state index in [4.69, 9.17) is 10.5 Å². The van der Waals surface area contributed by atoms with Crippen LogP contribution in [0, 0.1) is 17.3 Å². The van der Waals surface area contributed by atoms with Crippen LogP contribution < -0.4 is 10.5 Å². The first kappa shape index (κ1) is 14.9. The van der Waals surface area contributed by atoms with Crippen molar-refractivity contribution in [3.8, 4) is 5.75 Å². The quantitative estimate of drug-likeness (QED) is 0.870. The zero-order valence-electron chi connectivity index (χ0n) is 13.7. The van der Waals surface area contributed by atoms with E-state index in [2.05, 4.69) is 39.0 Å². The van der Waals surface area contributed by atoms with E-state index in [1.807, 2.05) is 0 Å². The zero-order valence-corrected chi connectivity index (χ0v) is 13.7. The summed E-state index contributed by atoms with van der Waals surface area (Å²) < 4.78 is 5.84. The number of ether oxygens (including phenoxy) is 1. The normalized spacial score (nSPS) is 27.0. The number of hydrogen-bond donors (Lipinski definition) is 1. The minimum atomic E-state index is 0.138. The lowest BCUT2D eigenvalue weighted by Crippen LogP contribution is -2.30. The van der Waals surface area contributed by atoms with Crippen LogP contribution >= 0.6 is 0 Å². The van der Waals surface area contributed by atoms with Crippen molar-refractivity contribution in [3.05, 3.63) is 29.3 Å². The van der Waals surface area contributed by atoms with Crippen molar-refractivity contribution in [1.82, 2.24) is 0 Å². The second kappa shape index (κ2) is 5.64. The van der Waals surface area contributed by atoms with E-state index in [0.717, 1.165) is 24.7 Å². The maximum absolute atomic E-state index is 6.62. The second-order valence-electron chi connectivity index (χ2n) is 7.94. The molecular formula is C19H29NO.